The number of amides is 1. The zero-order valence-electron chi connectivity index (χ0n) is 9.25. The van der Waals surface area contributed by atoms with Crippen LogP contribution in [0.2, 0.25) is 0 Å². The number of hydrogen-bond acceptors (Lipinski definition) is 3. The van der Waals surface area contributed by atoms with Gasteiger partial charge in [0, 0.05) is 32.7 Å². The van der Waals surface area contributed by atoms with Crippen LogP contribution in [0.5, 0.6) is 0 Å². The van der Waals surface area contributed by atoms with Gasteiger partial charge in [-0.05, 0) is 26.8 Å². The van der Waals surface area contributed by atoms with E-state index >= 15 is 0 Å². The first-order valence-corrected chi connectivity index (χ1v) is 5.35. The Labute approximate surface area is 86.3 Å². The van der Waals surface area contributed by atoms with Gasteiger partial charge >= 0.3 is 0 Å². The van der Waals surface area contributed by atoms with Gasteiger partial charge in [-0.25, -0.2) is 0 Å². The summed E-state index contributed by atoms with van der Waals surface area (Å²) in [5.41, 5.74) is 0. The molecular formula is C10H22N2O2. The fraction of sp³-hybridized carbons (Fsp3) is 0.900. The summed E-state index contributed by atoms with van der Waals surface area (Å²) in [6.07, 6.45) is 1.30. The van der Waals surface area contributed by atoms with Crippen molar-refractivity contribution in [3.63, 3.8) is 0 Å². The average molecular weight is 202 g/mol. The fourth-order valence-electron chi connectivity index (χ4n) is 1.26. The number of aliphatic hydroxyl groups is 1. The first-order chi connectivity index (χ1) is 6.76. The summed E-state index contributed by atoms with van der Waals surface area (Å²) in [5, 5.41) is 11.6. The Bertz CT molecular complexity index is 147. The predicted octanol–water partition coefficient (Wildman–Crippen LogP) is 0.217. The minimum absolute atomic E-state index is 0.200. The molecule has 0 aliphatic carbocycles. The van der Waals surface area contributed by atoms with Gasteiger partial charge in [-0.3, -0.25) is 4.79 Å². The Kier molecular flexibility index (Phi) is 8.57. The van der Waals surface area contributed by atoms with Crippen LogP contribution in [0, 0.1) is 0 Å². The van der Waals surface area contributed by atoms with Crippen molar-refractivity contribution in [3.8, 4) is 0 Å². The molecule has 0 heterocycles. The summed E-state index contributed by atoms with van der Waals surface area (Å²) in [7, 11) is 0. The molecule has 0 bridgehead atoms. The van der Waals surface area contributed by atoms with E-state index in [-0.39, 0.29) is 12.5 Å². The number of rotatable bonds is 8. The minimum atomic E-state index is 0.200. The Morgan fingerprint density at radius 1 is 1.29 bits per heavy atom. The van der Waals surface area contributed by atoms with Crippen molar-refractivity contribution in [1.82, 2.24) is 10.2 Å². The summed E-state index contributed by atoms with van der Waals surface area (Å²) >= 11 is 0. The highest BCUT2D eigenvalue weighted by Crippen LogP contribution is 1.92. The SMILES string of the molecule is CCN(CC)C(=O)CCNCCCO. The molecule has 0 radical (unpaired) electrons. The molecule has 4 heteroatoms. The highest BCUT2D eigenvalue weighted by molar-refractivity contribution is 5.76. The molecule has 0 unspecified atom stereocenters. The first-order valence-electron chi connectivity index (χ1n) is 5.35. The molecule has 1 amide bonds. The van der Waals surface area contributed by atoms with Crippen LogP contribution in [0.3, 0.4) is 0 Å². The van der Waals surface area contributed by atoms with Crippen LogP contribution in [0.15, 0.2) is 0 Å². The van der Waals surface area contributed by atoms with Crippen molar-refractivity contribution in [2.24, 2.45) is 0 Å². The molecular weight excluding hydrogens is 180 g/mol. The van der Waals surface area contributed by atoms with Crippen molar-refractivity contribution in [2.45, 2.75) is 26.7 Å². The zero-order chi connectivity index (χ0) is 10.8. The fourth-order valence-corrected chi connectivity index (χ4v) is 1.26. The Morgan fingerprint density at radius 3 is 2.43 bits per heavy atom. The van der Waals surface area contributed by atoms with Gasteiger partial charge in [0.1, 0.15) is 0 Å². The summed E-state index contributed by atoms with van der Waals surface area (Å²) < 4.78 is 0. The maximum Gasteiger partial charge on any atom is 0.223 e. The molecule has 0 fully saturated rings. The van der Waals surface area contributed by atoms with Crippen molar-refractivity contribution in [3.05, 3.63) is 0 Å². The molecule has 14 heavy (non-hydrogen) atoms. The van der Waals surface area contributed by atoms with E-state index in [9.17, 15) is 4.79 Å². The van der Waals surface area contributed by atoms with Crippen LogP contribution < -0.4 is 5.32 Å². The van der Waals surface area contributed by atoms with Crippen LogP contribution in [-0.2, 0) is 4.79 Å². The van der Waals surface area contributed by atoms with Gasteiger partial charge in [0.15, 0.2) is 0 Å². The summed E-state index contributed by atoms with van der Waals surface area (Å²) in [6, 6.07) is 0. The molecule has 0 rings (SSSR count). The van der Waals surface area contributed by atoms with E-state index in [0.29, 0.717) is 13.0 Å². The van der Waals surface area contributed by atoms with Gasteiger partial charge < -0.3 is 15.3 Å². The number of nitrogens with one attached hydrogen (secondary N) is 1. The number of carbonyl (C=O) groups is 1. The van der Waals surface area contributed by atoms with E-state index in [1.54, 1.807) is 0 Å². The van der Waals surface area contributed by atoms with E-state index < -0.39 is 0 Å². The maximum absolute atomic E-state index is 11.5. The molecule has 0 atom stereocenters. The van der Waals surface area contributed by atoms with Gasteiger partial charge in [-0.2, -0.15) is 0 Å². The monoisotopic (exact) mass is 202 g/mol. The van der Waals surface area contributed by atoms with Gasteiger partial charge in [0.05, 0.1) is 0 Å². The quantitative estimate of drug-likeness (QED) is 0.553. The second-order valence-electron chi connectivity index (χ2n) is 3.14. The second-order valence-corrected chi connectivity index (χ2v) is 3.14. The molecule has 0 saturated heterocycles. The molecule has 0 aliphatic rings. The molecule has 4 nitrogen and oxygen atoms in total. The third-order valence-electron chi connectivity index (χ3n) is 2.14. The van der Waals surface area contributed by atoms with E-state index in [2.05, 4.69) is 5.32 Å². The Hall–Kier alpha value is -0.610. The van der Waals surface area contributed by atoms with E-state index in [0.717, 1.165) is 26.1 Å². The third kappa shape index (κ3) is 5.94. The lowest BCUT2D eigenvalue weighted by Gasteiger charge is -2.18. The highest BCUT2D eigenvalue weighted by atomic mass is 16.3. The number of nitrogens with zero attached hydrogens (tertiary/aromatic N) is 1. The molecule has 0 saturated carbocycles. The van der Waals surface area contributed by atoms with Gasteiger partial charge in [0.2, 0.25) is 5.91 Å². The number of aliphatic hydroxyl groups excluding tert-OH is 1. The lowest BCUT2D eigenvalue weighted by Crippen LogP contribution is -2.33. The molecule has 0 aromatic heterocycles. The standard InChI is InChI=1S/C10H22N2O2/c1-3-12(4-2)10(14)6-8-11-7-5-9-13/h11,13H,3-9H2,1-2H3. The van der Waals surface area contributed by atoms with E-state index in [1.807, 2.05) is 18.7 Å². The van der Waals surface area contributed by atoms with Crippen molar-refractivity contribution < 1.29 is 9.90 Å². The van der Waals surface area contributed by atoms with Crippen molar-refractivity contribution in [2.75, 3.05) is 32.8 Å². The van der Waals surface area contributed by atoms with Gasteiger partial charge in [-0.1, -0.05) is 0 Å². The average Bonchev–Trinajstić information content (AvgIpc) is 2.19. The molecule has 2 N–H and O–H groups in total. The summed E-state index contributed by atoms with van der Waals surface area (Å²) in [6.45, 7) is 7.23. The van der Waals surface area contributed by atoms with Crippen LogP contribution in [0.1, 0.15) is 26.7 Å². The smallest absolute Gasteiger partial charge is 0.223 e. The van der Waals surface area contributed by atoms with Crippen LogP contribution in [0.25, 0.3) is 0 Å². The van der Waals surface area contributed by atoms with Crippen molar-refractivity contribution >= 4 is 5.91 Å². The highest BCUT2D eigenvalue weighted by Gasteiger charge is 2.07. The van der Waals surface area contributed by atoms with Crippen LogP contribution in [0.4, 0.5) is 0 Å². The molecule has 0 aromatic carbocycles. The van der Waals surface area contributed by atoms with Crippen LogP contribution >= 0.6 is 0 Å². The topological polar surface area (TPSA) is 52.6 Å². The largest absolute Gasteiger partial charge is 0.396 e. The lowest BCUT2D eigenvalue weighted by atomic mass is 10.3. The maximum atomic E-state index is 11.5. The lowest BCUT2D eigenvalue weighted by molar-refractivity contribution is -0.130. The third-order valence-corrected chi connectivity index (χ3v) is 2.14. The first kappa shape index (κ1) is 13.4. The molecule has 0 aromatic rings. The Morgan fingerprint density at radius 2 is 1.93 bits per heavy atom. The molecule has 0 aliphatic heterocycles. The minimum Gasteiger partial charge on any atom is -0.396 e. The molecule has 0 spiro atoms. The normalized spacial score (nSPS) is 10.2. The predicted molar refractivity (Wildman–Crippen MR) is 57.1 cm³/mol. The van der Waals surface area contributed by atoms with E-state index in [4.69, 9.17) is 5.11 Å². The van der Waals surface area contributed by atoms with Crippen molar-refractivity contribution in [1.29, 1.82) is 0 Å². The van der Waals surface area contributed by atoms with E-state index in [1.165, 1.54) is 0 Å². The second kappa shape index (κ2) is 8.97. The number of carbonyl (C=O) groups excluding carboxylic acids is 1. The molecule has 84 valence electrons. The summed E-state index contributed by atoms with van der Waals surface area (Å²) in [4.78, 5) is 13.3. The Balaban J connectivity index is 3.43. The van der Waals surface area contributed by atoms with Gasteiger partial charge in [0.25, 0.3) is 0 Å². The summed E-state index contributed by atoms with van der Waals surface area (Å²) in [5.74, 6) is 0.200. The zero-order valence-corrected chi connectivity index (χ0v) is 9.25. The number of hydrogen-bond donors (Lipinski definition) is 2. The van der Waals surface area contributed by atoms with Crippen LogP contribution in [-0.4, -0.2) is 48.7 Å². The van der Waals surface area contributed by atoms with Gasteiger partial charge in [-0.15, -0.1) is 0 Å².